The summed E-state index contributed by atoms with van der Waals surface area (Å²) in [6, 6.07) is 10.8. The lowest BCUT2D eigenvalue weighted by Gasteiger charge is -2.19. The number of aliphatic imine (C=N–C) groups is 1. The Bertz CT molecular complexity index is 849. The predicted octanol–water partition coefficient (Wildman–Crippen LogP) is 4.72. The van der Waals surface area contributed by atoms with Gasteiger partial charge in [0.05, 0.1) is 26.9 Å². The van der Waals surface area contributed by atoms with Crippen molar-refractivity contribution in [2.75, 3.05) is 34.4 Å². The third kappa shape index (κ3) is 8.08. The molecule has 2 aromatic rings. The molecule has 0 fully saturated rings. The van der Waals surface area contributed by atoms with Crippen LogP contribution in [0.3, 0.4) is 0 Å². The number of halogens is 2. The molecule has 2 aromatic carbocycles. The second-order valence-corrected chi connectivity index (χ2v) is 6.78. The smallest absolute Gasteiger partial charge is 0.191 e. The van der Waals surface area contributed by atoms with Gasteiger partial charge in [0.2, 0.25) is 0 Å². The number of hydrogen-bond donors (Lipinski definition) is 2. The molecule has 0 saturated carbocycles. The minimum Gasteiger partial charge on any atom is -0.494 e. The Morgan fingerprint density at radius 1 is 1.06 bits per heavy atom. The van der Waals surface area contributed by atoms with Crippen LogP contribution in [-0.2, 0) is 6.42 Å². The van der Waals surface area contributed by atoms with Gasteiger partial charge in [-0.3, -0.25) is 4.99 Å². The maximum atomic E-state index is 13.9. The molecule has 0 heterocycles. The summed E-state index contributed by atoms with van der Waals surface area (Å²) < 4.78 is 29.9. The van der Waals surface area contributed by atoms with E-state index in [9.17, 15) is 4.39 Å². The highest BCUT2D eigenvalue weighted by Gasteiger charge is 2.11. The monoisotopic (exact) mass is 545 g/mol. The van der Waals surface area contributed by atoms with Crippen molar-refractivity contribution in [3.05, 3.63) is 53.3 Å². The molecule has 6 nitrogen and oxygen atoms in total. The van der Waals surface area contributed by atoms with E-state index in [0.29, 0.717) is 12.6 Å². The van der Waals surface area contributed by atoms with Crippen LogP contribution >= 0.6 is 24.0 Å². The van der Waals surface area contributed by atoms with Gasteiger partial charge in [-0.25, -0.2) is 4.39 Å². The van der Waals surface area contributed by atoms with Gasteiger partial charge >= 0.3 is 0 Å². The van der Waals surface area contributed by atoms with Crippen molar-refractivity contribution >= 4 is 29.9 Å². The topological polar surface area (TPSA) is 64.1 Å². The highest BCUT2D eigenvalue weighted by Crippen LogP contribution is 2.28. The van der Waals surface area contributed by atoms with Gasteiger partial charge in [-0.1, -0.05) is 12.1 Å². The summed E-state index contributed by atoms with van der Waals surface area (Å²) in [7, 11) is 4.81. The molecule has 31 heavy (non-hydrogen) atoms. The number of rotatable bonds is 10. The van der Waals surface area contributed by atoms with E-state index in [1.54, 1.807) is 20.2 Å². The number of guanidine groups is 1. The van der Waals surface area contributed by atoms with Crippen LogP contribution in [0.25, 0.3) is 0 Å². The van der Waals surface area contributed by atoms with Crippen LogP contribution in [0.15, 0.2) is 41.4 Å². The summed E-state index contributed by atoms with van der Waals surface area (Å²) in [6.07, 6.45) is 1.82. The summed E-state index contributed by atoms with van der Waals surface area (Å²) in [5.74, 6) is 2.04. The SMILES string of the molecule is CCOc1cc(CCCNC(=NC)NC(C)c2ccc(OC)c(F)c2)ccc1OC.I. The summed E-state index contributed by atoms with van der Waals surface area (Å²) >= 11 is 0. The van der Waals surface area contributed by atoms with Crippen molar-refractivity contribution < 1.29 is 18.6 Å². The molecule has 172 valence electrons. The third-order valence-electron chi connectivity index (χ3n) is 4.72. The first-order valence-electron chi connectivity index (χ1n) is 10.1. The number of aryl methyl sites for hydroxylation is 1. The van der Waals surface area contributed by atoms with Crippen molar-refractivity contribution in [1.29, 1.82) is 0 Å². The average Bonchev–Trinajstić information content (AvgIpc) is 2.76. The zero-order chi connectivity index (χ0) is 21.9. The van der Waals surface area contributed by atoms with Crippen LogP contribution in [0.1, 0.15) is 37.4 Å². The quantitative estimate of drug-likeness (QED) is 0.196. The maximum absolute atomic E-state index is 13.9. The zero-order valence-electron chi connectivity index (χ0n) is 18.8. The standard InChI is InChI=1S/C23H32FN3O3.HI/c1-6-30-22-14-17(9-11-21(22)29-5)8-7-13-26-23(25-3)27-16(2)18-10-12-20(28-4)19(24)15-18;/h9-12,14-16H,6-8,13H2,1-5H3,(H2,25,26,27);1H. The summed E-state index contributed by atoms with van der Waals surface area (Å²) in [5, 5.41) is 6.59. The predicted molar refractivity (Wildman–Crippen MR) is 134 cm³/mol. The van der Waals surface area contributed by atoms with Gasteiger partial charge in [-0.2, -0.15) is 0 Å². The van der Waals surface area contributed by atoms with Crippen LogP contribution in [0.2, 0.25) is 0 Å². The number of hydrogen-bond acceptors (Lipinski definition) is 4. The molecule has 0 radical (unpaired) electrons. The lowest BCUT2D eigenvalue weighted by molar-refractivity contribution is 0.310. The van der Waals surface area contributed by atoms with Crippen molar-refractivity contribution in [2.45, 2.75) is 32.7 Å². The normalized spacial score (nSPS) is 11.9. The molecule has 2 N–H and O–H groups in total. The Labute approximate surface area is 201 Å². The molecule has 1 atom stereocenters. The highest BCUT2D eigenvalue weighted by atomic mass is 127. The van der Waals surface area contributed by atoms with Gasteiger partial charge in [0, 0.05) is 13.6 Å². The zero-order valence-corrected chi connectivity index (χ0v) is 21.2. The van der Waals surface area contributed by atoms with Gasteiger partial charge in [-0.15, -0.1) is 24.0 Å². The number of nitrogens with one attached hydrogen (secondary N) is 2. The molecule has 0 saturated heterocycles. The van der Waals surface area contributed by atoms with E-state index in [1.807, 2.05) is 32.0 Å². The fourth-order valence-electron chi connectivity index (χ4n) is 3.08. The van der Waals surface area contributed by atoms with E-state index in [4.69, 9.17) is 14.2 Å². The molecule has 0 aliphatic heterocycles. The van der Waals surface area contributed by atoms with E-state index in [2.05, 4.69) is 21.7 Å². The van der Waals surface area contributed by atoms with E-state index in [0.717, 1.165) is 36.4 Å². The summed E-state index contributed by atoms with van der Waals surface area (Å²) in [4.78, 5) is 4.25. The number of ether oxygens (including phenoxy) is 3. The Balaban J connectivity index is 0.00000480. The molecule has 8 heteroatoms. The molecule has 0 aromatic heterocycles. The molecule has 0 aliphatic carbocycles. The van der Waals surface area contributed by atoms with E-state index >= 15 is 0 Å². The van der Waals surface area contributed by atoms with Crippen LogP contribution in [0.4, 0.5) is 4.39 Å². The lowest BCUT2D eigenvalue weighted by Crippen LogP contribution is -2.39. The Morgan fingerprint density at radius 3 is 2.39 bits per heavy atom. The van der Waals surface area contributed by atoms with Gasteiger partial charge in [-0.05, 0) is 62.1 Å². The number of methoxy groups -OCH3 is 2. The van der Waals surface area contributed by atoms with Gasteiger partial charge in [0.15, 0.2) is 29.0 Å². The first kappa shape index (κ1) is 26.8. The Morgan fingerprint density at radius 2 is 1.77 bits per heavy atom. The van der Waals surface area contributed by atoms with Gasteiger partial charge < -0.3 is 24.8 Å². The molecule has 0 amide bonds. The second kappa shape index (κ2) is 14.0. The van der Waals surface area contributed by atoms with Crippen LogP contribution in [0, 0.1) is 5.82 Å². The minimum atomic E-state index is -0.377. The van der Waals surface area contributed by atoms with E-state index in [1.165, 1.54) is 18.7 Å². The Hall–Kier alpha value is -2.23. The second-order valence-electron chi connectivity index (χ2n) is 6.78. The molecular weight excluding hydrogens is 512 g/mol. The average molecular weight is 545 g/mol. The van der Waals surface area contributed by atoms with E-state index < -0.39 is 0 Å². The van der Waals surface area contributed by atoms with Crippen LogP contribution < -0.4 is 24.8 Å². The molecule has 2 rings (SSSR count). The Kier molecular flexibility index (Phi) is 12.1. The first-order chi connectivity index (χ1) is 14.5. The molecular formula is C23H33FIN3O3. The maximum Gasteiger partial charge on any atom is 0.191 e. The highest BCUT2D eigenvalue weighted by molar-refractivity contribution is 14.0. The number of benzene rings is 2. The van der Waals surface area contributed by atoms with Crippen LogP contribution in [-0.4, -0.2) is 40.4 Å². The largest absolute Gasteiger partial charge is 0.494 e. The fourth-order valence-corrected chi connectivity index (χ4v) is 3.08. The van der Waals surface area contributed by atoms with Crippen molar-refractivity contribution in [3.63, 3.8) is 0 Å². The summed E-state index contributed by atoms with van der Waals surface area (Å²) in [5.41, 5.74) is 2.00. The van der Waals surface area contributed by atoms with Gasteiger partial charge in [0.1, 0.15) is 0 Å². The minimum absolute atomic E-state index is 0. The van der Waals surface area contributed by atoms with Crippen molar-refractivity contribution in [3.8, 4) is 17.2 Å². The fraction of sp³-hybridized carbons (Fsp3) is 0.435. The molecule has 1 unspecified atom stereocenters. The van der Waals surface area contributed by atoms with Crippen molar-refractivity contribution in [2.24, 2.45) is 4.99 Å². The third-order valence-corrected chi connectivity index (χ3v) is 4.72. The molecule has 0 bridgehead atoms. The number of nitrogens with zero attached hydrogens (tertiary/aromatic N) is 1. The van der Waals surface area contributed by atoms with E-state index in [-0.39, 0.29) is 41.6 Å². The van der Waals surface area contributed by atoms with Crippen molar-refractivity contribution in [1.82, 2.24) is 10.6 Å². The summed E-state index contributed by atoms with van der Waals surface area (Å²) in [6.45, 7) is 5.26. The first-order valence-corrected chi connectivity index (χ1v) is 10.1. The molecule has 0 aliphatic rings. The lowest BCUT2D eigenvalue weighted by atomic mass is 10.1. The molecule has 0 spiro atoms. The van der Waals surface area contributed by atoms with Crippen LogP contribution in [0.5, 0.6) is 17.2 Å². The van der Waals surface area contributed by atoms with Gasteiger partial charge in [0.25, 0.3) is 0 Å².